The predicted octanol–water partition coefficient (Wildman–Crippen LogP) is 2.91. The number of halogens is 2. The molecule has 21 heavy (non-hydrogen) atoms. The van der Waals surface area contributed by atoms with Gasteiger partial charge in [0, 0.05) is 5.02 Å². The number of esters is 1. The summed E-state index contributed by atoms with van der Waals surface area (Å²) in [5, 5.41) is 5.10. The quantitative estimate of drug-likeness (QED) is 0.762. The summed E-state index contributed by atoms with van der Waals surface area (Å²) >= 11 is 11.9. The number of rotatable bonds is 6. The molecular weight excluding hydrogens is 317 g/mol. The summed E-state index contributed by atoms with van der Waals surface area (Å²) in [6.07, 6.45) is 1.61. The summed E-state index contributed by atoms with van der Waals surface area (Å²) in [5.41, 5.74) is 0.633. The van der Waals surface area contributed by atoms with Gasteiger partial charge in [-0.05, 0) is 25.1 Å². The van der Waals surface area contributed by atoms with Crippen molar-refractivity contribution in [2.45, 2.75) is 13.3 Å². The summed E-state index contributed by atoms with van der Waals surface area (Å²) in [4.78, 5) is 15.1. The lowest BCUT2D eigenvalue weighted by Crippen LogP contribution is -2.10. The van der Waals surface area contributed by atoms with Crippen LogP contribution in [0.2, 0.25) is 10.0 Å². The van der Waals surface area contributed by atoms with Gasteiger partial charge in [0.05, 0.1) is 23.7 Å². The molecule has 112 valence electrons. The Bertz CT molecular complexity index is 631. The van der Waals surface area contributed by atoms with E-state index in [1.807, 2.05) is 0 Å². The normalized spacial score (nSPS) is 10.4. The number of benzene rings is 1. The molecule has 0 bridgehead atoms. The molecule has 0 aliphatic carbocycles. The van der Waals surface area contributed by atoms with Crippen molar-refractivity contribution in [1.82, 2.24) is 14.8 Å². The van der Waals surface area contributed by atoms with Gasteiger partial charge in [-0.1, -0.05) is 23.2 Å². The second kappa shape index (κ2) is 7.28. The minimum Gasteiger partial charge on any atom is -0.466 e. The number of carbonyl (C=O) groups is 1. The Morgan fingerprint density at radius 3 is 2.90 bits per heavy atom. The van der Waals surface area contributed by atoms with Crippen LogP contribution in [0.4, 0.5) is 0 Å². The standard InChI is InChI=1S/C13H13Cl2N3O3/c1-2-20-12(19)5-6-21-13-16-8-18(17-13)11-4-3-9(14)7-10(11)15/h3-4,7-8H,2,5-6H2,1H3. The molecule has 0 amide bonds. The van der Waals surface area contributed by atoms with E-state index in [2.05, 4.69) is 10.1 Å². The monoisotopic (exact) mass is 329 g/mol. The van der Waals surface area contributed by atoms with Gasteiger partial charge in [-0.2, -0.15) is 4.98 Å². The zero-order valence-corrected chi connectivity index (χ0v) is 12.8. The van der Waals surface area contributed by atoms with Crippen LogP contribution in [-0.4, -0.2) is 33.9 Å². The number of ether oxygens (including phenoxy) is 2. The Morgan fingerprint density at radius 1 is 1.38 bits per heavy atom. The molecule has 0 saturated heterocycles. The molecule has 0 spiro atoms. The molecule has 0 atom stereocenters. The molecule has 0 unspecified atom stereocenters. The third kappa shape index (κ3) is 4.34. The summed E-state index contributed by atoms with van der Waals surface area (Å²) in [6.45, 7) is 2.25. The number of aromatic nitrogens is 3. The zero-order valence-electron chi connectivity index (χ0n) is 11.3. The van der Waals surface area contributed by atoms with Gasteiger partial charge in [0.2, 0.25) is 0 Å². The molecule has 0 aliphatic heterocycles. The smallest absolute Gasteiger partial charge is 0.335 e. The minimum absolute atomic E-state index is 0.143. The average molecular weight is 330 g/mol. The van der Waals surface area contributed by atoms with E-state index in [1.54, 1.807) is 25.1 Å². The van der Waals surface area contributed by atoms with E-state index in [1.165, 1.54) is 11.0 Å². The lowest BCUT2D eigenvalue weighted by atomic mass is 10.3. The molecule has 0 N–H and O–H groups in total. The highest BCUT2D eigenvalue weighted by molar-refractivity contribution is 6.35. The van der Waals surface area contributed by atoms with Crippen LogP contribution in [0.5, 0.6) is 6.01 Å². The van der Waals surface area contributed by atoms with Crippen molar-refractivity contribution in [3.8, 4) is 11.7 Å². The van der Waals surface area contributed by atoms with E-state index in [-0.39, 0.29) is 25.0 Å². The molecule has 6 nitrogen and oxygen atoms in total. The molecule has 8 heteroatoms. The molecule has 1 aromatic carbocycles. The first-order valence-electron chi connectivity index (χ1n) is 6.25. The molecule has 0 aliphatic rings. The average Bonchev–Trinajstić information content (AvgIpc) is 2.87. The van der Waals surface area contributed by atoms with Crippen LogP contribution in [0.1, 0.15) is 13.3 Å². The summed E-state index contributed by atoms with van der Waals surface area (Å²) in [7, 11) is 0. The molecule has 0 radical (unpaired) electrons. The van der Waals surface area contributed by atoms with Crippen molar-refractivity contribution in [1.29, 1.82) is 0 Å². The predicted molar refractivity (Wildman–Crippen MR) is 78.1 cm³/mol. The Hall–Kier alpha value is -1.79. The SMILES string of the molecule is CCOC(=O)CCOc1ncn(-c2ccc(Cl)cc2Cl)n1. The number of hydrogen-bond donors (Lipinski definition) is 0. The van der Waals surface area contributed by atoms with Gasteiger partial charge >= 0.3 is 12.0 Å². The second-order valence-electron chi connectivity index (χ2n) is 3.97. The minimum atomic E-state index is -0.322. The highest BCUT2D eigenvalue weighted by Gasteiger charge is 2.09. The summed E-state index contributed by atoms with van der Waals surface area (Å²) < 4.78 is 11.5. The number of carbonyl (C=O) groups excluding carboxylic acids is 1. The van der Waals surface area contributed by atoms with Crippen molar-refractivity contribution < 1.29 is 14.3 Å². The van der Waals surface area contributed by atoms with Crippen molar-refractivity contribution in [2.75, 3.05) is 13.2 Å². The third-order valence-electron chi connectivity index (χ3n) is 2.47. The summed E-state index contributed by atoms with van der Waals surface area (Å²) in [6, 6.07) is 5.19. The van der Waals surface area contributed by atoms with Crippen molar-refractivity contribution >= 4 is 29.2 Å². The molecule has 2 rings (SSSR count). The van der Waals surface area contributed by atoms with E-state index in [9.17, 15) is 4.79 Å². The van der Waals surface area contributed by atoms with Crippen LogP contribution in [0.15, 0.2) is 24.5 Å². The van der Waals surface area contributed by atoms with E-state index >= 15 is 0 Å². The van der Waals surface area contributed by atoms with Crippen LogP contribution in [0, 0.1) is 0 Å². The van der Waals surface area contributed by atoms with Gasteiger partial charge in [0.1, 0.15) is 12.9 Å². The van der Waals surface area contributed by atoms with Gasteiger partial charge in [-0.25, -0.2) is 4.68 Å². The van der Waals surface area contributed by atoms with Crippen LogP contribution >= 0.6 is 23.2 Å². The van der Waals surface area contributed by atoms with Gasteiger partial charge in [0.25, 0.3) is 0 Å². The first kappa shape index (κ1) is 15.6. The lowest BCUT2D eigenvalue weighted by Gasteiger charge is -2.04. The Kier molecular flexibility index (Phi) is 5.41. The van der Waals surface area contributed by atoms with Crippen LogP contribution in [0.25, 0.3) is 5.69 Å². The van der Waals surface area contributed by atoms with Crippen molar-refractivity contribution in [3.63, 3.8) is 0 Å². The molecule has 1 heterocycles. The molecule has 1 aromatic heterocycles. The van der Waals surface area contributed by atoms with Crippen LogP contribution < -0.4 is 4.74 Å². The Balaban J connectivity index is 1.96. The maximum Gasteiger partial charge on any atom is 0.335 e. The van der Waals surface area contributed by atoms with Gasteiger partial charge < -0.3 is 9.47 Å². The highest BCUT2D eigenvalue weighted by Crippen LogP contribution is 2.24. The molecule has 0 fully saturated rings. The fraction of sp³-hybridized carbons (Fsp3) is 0.308. The third-order valence-corrected chi connectivity index (χ3v) is 3.01. The summed E-state index contributed by atoms with van der Waals surface area (Å²) in [5.74, 6) is -0.322. The van der Waals surface area contributed by atoms with E-state index < -0.39 is 0 Å². The number of hydrogen-bond acceptors (Lipinski definition) is 5. The molecule has 0 saturated carbocycles. The van der Waals surface area contributed by atoms with Crippen LogP contribution in [0.3, 0.4) is 0 Å². The fourth-order valence-corrected chi connectivity index (χ4v) is 2.05. The maximum atomic E-state index is 11.2. The van der Waals surface area contributed by atoms with Gasteiger partial charge in [-0.3, -0.25) is 4.79 Å². The van der Waals surface area contributed by atoms with Crippen molar-refractivity contribution in [3.05, 3.63) is 34.6 Å². The van der Waals surface area contributed by atoms with E-state index in [0.29, 0.717) is 22.3 Å². The van der Waals surface area contributed by atoms with Crippen LogP contribution in [-0.2, 0) is 9.53 Å². The van der Waals surface area contributed by atoms with Crippen molar-refractivity contribution in [2.24, 2.45) is 0 Å². The van der Waals surface area contributed by atoms with E-state index in [4.69, 9.17) is 32.7 Å². The topological polar surface area (TPSA) is 66.2 Å². The van der Waals surface area contributed by atoms with Gasteiger partial charge in [0.15, 0.2) is 0 Å². The molecular formula is C13H13Cl2N3O3. The zero-order chi connectivity index (χ0) is 15.2. The number of nitrogens with zero attached hydrogens (tertiary/aromatic N) is 3. The largest absolute Gasteiger partial charge is 0.466 e. The Morgan fingerprint density at radius 2 is 2.19 bits per heavy atom. The van der Waals surface area contributed by atoms with E-state index in [0.717, 1.165) is 0 Å². The first-order chi connectivity index (χ1) is 10.1. The second-order valence-corrected chi connectivity index (χ2v) is 4.81. The first-order valence-corrected chi connectivity index (χ1v) is 7.01. The van der Waals surface area contributed by atoms with Gasteiger partial charge in [-0.15, -0.1) is 5.10 Å². The maximum absolute atomic E-state index is 11.2. The Labute approximate surface area is 131 Å². The molecule has 2 aromatic rings. The lowest BCUT2D eigenvalue weighted by molar-refractivity contribution is -0.143. The highest BCUT2D eigenvalue weighted by atomic mass is 35.5. The fourth-order valence-electron chi connectivity index (χ4n) is 1.56.